The van der Waals surface area contributed by atoms with Crippen LogP contribution in [0.25, 0.3) is 12.2 Å². The summed E-state index contributed by atoms with van der Waals surface area (Å²) >= 11 is 0. The van der Waals surface area contributed by atoms with Crippen molar-refractivity contribution in [3.63, 3.8) is 0 Å². The highest BCUT2D eigenvalue weighted by molar-refractivity contribution is 6.11. The highest BCUT2D eigenvalue weighted by atomic mass is 17.2. The Hall–Kier alpha value is -3.78. The number of benzene rings is 2. The van der Waals surface area contributed by atoms with Crippen LogP contribution in [-0.4, -0.2) is 40.1 Å². The van der Waals surface area contributed by atoms with Crippen molar-refractivity contribution in [1.29, 1.82) is 0 Å². The lowest BCUT2D eigenvalue weighted by Gasteiger charge is -2.14. The fourth-order valence-electron chi connectivity index (χ4n) is 3.36. The Morgan fingerprint density at radius 2 is 1.64 bits per heavy atom. The summed E-state index contributed by atoms with van der Waals surface area (Å²) < 4.78 is 5.02. The second-order valence-corrected chi connectivity index (χ2v) is 7.65. The zero-order chi connectivity index (χ0) is 23.8. The van der Waals surface area contributed by atoms with Crippen LogP contribution in [0.5, 0.6) is 28.7 Å². The molecule has 0 spiro atoms. The van der Waals surface area contributed by atoms with Crippen LogP contribution in [0.4, 0.5) is 0 Å². The zero-order valence-corrected chi connectivity index (χ0v) is 18.2. The largest absolute Gasteiger partial charge is 0.504 e. The van der Waals surface area contributed by atoms with Crippen LogP contribution < -0.4 is 9.62 Å². The Morgan fingerprint density at radius 1 is 0.970 bits per heavy atom. The number of phenolic OH excluding ortho intramolecular Hbond substituents is 3. The Kier molecular flexibility index (Phi) is 8.10. The molecular weight excluding hydrogens is 428 g/mol. The lowest BCUT2D eigenvalue weighted by Crippen LogP contribution is -2.11. The number of methoxy groups -OCH3 is 1. The Balaban J connectivity index is 1.62. The molecule has 33 heavy (non-hydrogen) atoms. The van der Waals surface area contributed by atoms with Crippen molar-refractivity contribution in [1.82, 2.24) is 0 Å². The molecular formula is C25H26O8. The van der Waals surface area contributed by atoms with E-state index >= 15 is 0 Å². The van der Waals surface area contributed by atoms with E-state index in [4.69, 9.17) is 14.5 Å². The van der Waals surface area contributed by atoms with E-state index in [2.05, 4.69) is 0 Å². The van der Waals surface area contributed by atoms with Gasteiger partial charge in [-0.25, -0.2) is 0 Å². The van der Waals surface area contributed by atoms with Crippen molar-refractivity contribution >= 4 is 23.7 Å². The van der Waals surface area contributed by atoms with Crippen LogP contribution in [0, 0.1) is 0 Å². The molecule has 0 atom stereocenters. The molecule has 0 unspecified atom stereocenters. The number of hydrogen-bond donors (Lipinski definition) is 3. The van der Waals surface area contributed by atoms with Crippen LogP contribution in [0.1, 0.15) is 43.2 Å². The minimum Gasteiger partial charge on any atom is -0.504 e. The van der Waals surface area contributed by atoms with Crippen LogP contribution >= 0.6 is 0 Å². The van der Waals surface area contributed by atoms with E-state index in [0.717, 1.165) is 25.7 Å². The van der Waals surface area contributed by atoms with Gasteiger partial charge in [0, 0.05) is 5.56 Å². The molecule has 0 aliphatic heterocycles. The lowest BCUT2D eigenvalue weighted by molar-refractivity contribution is -0.243. The molecule has 1 aliphatic carbocycles. The third-order valence-corrected chi connectivity index (χ3v) is 5.17. The molecule has 0 bridgehead atoms. The normalized spacial score (nSPS) is 14.2. The molecule has 0 amide bonds. The van der Waals surface area contributed by atoms with E-state index in [-0.39, 0.29) is 35.5 Å². The number of ketones is 2. The average molecular weight is 454 g/mol. The number of phenols is 3. The number of allylic oxidation sites excluding steroid dienone is 2. The van der Waals surface area contributed by atoms with Gasteiger partial charge in [0.15, 0.2) is 28.8 Å². The van der Waals surface area contributed by atoms with Crippen LogP contribution in [0.2, 0.25) is 0 Å². The summed E-state index contributed by atoms with van der Waals surface area (Å²) in [6.07, 6.45) is 8.67. The van der Waals surface area contributed by atoms with Gasteiger partial charge in [-0.3, -0.25) is 9.59 Å². The number of carbonyl (C=O) groups excluding carboxylic acids is 2. The molecule has 8 heteroatoms. The van der Waals surface area contributed by atoms with Gasteiger partial charge in [0.05, 0.1) is 13.5 Å². The van der Waals surface area contributed by atoms with Crippen molar-refractivity contribution < 1.29 is 39.4 Å². The number of aromatic hydroxyl groups is 3. The molecule has 1 saturated carbocycles. The minimum absolute atomic E-state index is 0.0152. The van der Waals surface area contributed by atoms with Crippen molar-refractivity contribution in [3.8, 4) is 28.7 Å². The molecule has 0 aromatic heterocycles. The number of hydrogen-bond acceptors (Lipinski definition) is 8. The van der Waals surface area contributed by atoms with Gasteiger partial charge < -0.3 is 24.9 Å². The summed E-state index contributed by atoms with van der Waals surface area (Å²) in [7, 11) is 1.42. The molecule has 3 N–H and O–H groups in total. The highest BCUT2D eigenvalue weighted by Crippen LogP contribution is 2.39. The van der Waals surface area contributed by atoms with Crippen LogP contribution in [-0.2, 0) is 14.5 Å². The summed E-state index contributed by atoms with van der Waals surface area (Å²) in [5.74, 6) is -1.58. The zero-order valence-electron chi connectivity index (χ0n) is 18.2. The van der Waals surface area contributed by atoms with E-state index in [1.165, 1.54) is 49.6 Å². The SMILES string of the molecule is COc1cc(/C=C/C(=O)CC(=O)/C=C/c2ccc(O)c(O)c2OOC2CCCC2)ccc1O. The maximum absolute atomic E-state index is 12.2. The van der Waals surface area contributed by atoms with Gasteiger partial charge in [0.25, 0.3) is 0 Å². The van der Waals surface area contributed by atoms with Gasteiger partial charge >= 0.3 is 0 Å². The Bertz CT molecular complexity index is 1060. The Labute approximate surface area is 191 Å². The summed E-state index contributed by atoms with van der Waals surface area (Å²) in [4.78, 5) is 35.0. The summed E-state index contributed by atoms with van der Waals surface area (Å²) in [6, 6.07) is 7.34. The predicted molar refractivity (Wildman–Crippen MR) is 121 cm³/mol. The van der Waals surface area contributed by atoms with Crippen molar-refractivity contribution in [2.75, 3.05) is 7.11 Å². The monoisotopic (exact) mass is 454 g/mol. The van der Waals surface area contributed by atoms with Crippen LogP contribution in [0.3, 0.4) is 0 Å². The third-order valence-electron chi connectivity index (χ3n) is 5.17. The van der Waals surface area contributed by atoms with Crippen molar-refractivity contribution in [2.24, 2.45) is 0 Å². The fraction of sp³-hybridized carbons (Fsp3) is 0.280. The summed E-state index contributed by atoms with van der Waals surface area (Å²) in [6.45, 7) is 0. The minimum atomic E-state index is -0.495. The topological polar surface area (TPSA) is 123 Å². The average Bonchev–Trinajstić information content (AvgIpc) is 3.32. The second-order valence-electron chi connectivity index (χ2n) is 7.65. The smallest absolute Gasteiger partial charge is 0.218 e. The fourth-order valence-corrected chi connectivity index (χ4v) is 3.36. The molecule has 2 aromatic rings. The third kappa shape index (κ3) is 6.60. The molecule has 174 valence electrons. The first-order valence-corrected chi connectivity index (χ1v) is 10.5. The van der Waals surface area contributed by atoms with Gasteiger partial charge in [0.1, 0.15) is 6.10 Å². The summed E-state index contributed by atoms with van der Waals surface area (Å²) in [5, 5.41) is 29.5. The van der Waals surface area contributed by atoms with Gasteiger partial charge in [-0.15, -0.1) is 0 Å². The van der Waals surface area contributed by atoms with E-state index in [9.17, 15) is 24.9 Å². The highest BCUT2D eigenvalue weighted by Gasteiger charge is 2.20. The molecule has 0 heterocycles. The second kappa shape index (κ2) is 11.2. The standard InChI is InChI=1S/C25H26O8/c1-31-23-14-16(7-12-21(23)28)6-10-18(26)15-19(27)11-8-17-9-13-22(29)24(30)25(17)33-32-20-4-2-3-5-20/h6-14,20,28-30H,2-5,15H2,1H3/b10-6+,11-8+. The molecule has 8 nitrogen and oxygen atoms in total. The Morgan fingerprint density at radius 3 is 2.33 bits per heavy atom. The number of carbonyl (C=O) groups is 2. The lowest BCUT2D eigenvalue weighted by atomic mass is 10.1. The first-order valence-electron chi connectivity index (χ1n) is 10.5. The quantitative estimate of drug-likeness (QED) is 0.159. The van der Waals surface area contributed by atoms with Crippen molar-refractivity contribution in [3.05, 3.63) is 53.6 Å². The molecule has 1 aliphatic rings. The summed E-state index contributed by atoms with van der Waals surface area (Å²) in [5.41, 5.74) is 0.945. The van der Waals surface area contributed by atoms with Gasteiger partial charge in [0.2, 0.25) is 11.5 Å². The van der Waals surface area contributed by atoms with Crippen molar-refractivity contribution in [2.45, 2.75) is 38.2 Å². The van der Waals surface area contributed by atoms with Gasteiger partial charge in [-0.1, -0.05) is 25.0 Å². The van der Waals surface area contributed by atoms with E-state index in [1.807, 2.05) is 0 Å². The van der Waals surface area contributed by atoms with E-state index < -0.39 is 17.3 Å². The van der Waals surface area contributed by atoms with Crippen LogP contribution in [0.15, 0.2) is 42.5 Å². The van der Waals surface area contributed by atoms with E-state index in [1.54, 1.807) is 12.1 Å². The maximum atomic E-state index is 12.2. The van der Waals surface area contributed by atoms with E-state index in [0.29, 0.717) is 11.1 Å². The molecule has 2 aromatic carbocycles. The molecule has 0 radical (unpaired) electrons. The predicted octanol–water partition coefficient (Wildman–Crippen LogP) is 4.32. The molecule has 1 fully saturated rings. The first kappa shape index (κ1) is 23.9. The maximum Gasteiger partial charge on any atom is 0.218 e. The van der Waals surface area contributed by atoms with Gasteiger partial charge in [-0.05, 0) is 60.9 Å². The number of ether oxygens (including phenoxy) is 1. The first-order chi connectivity index (χ1) is 15.9. The molecule has 3 rings (SSSR count). The number of rotatable bonds is 10. The molecule has 0 saturated heterocycles. The van der Waals surface area contributed by atoms with Gasteiger partial charge in [-0.2, -0.15) is 4.89 Å².